The average Bonchev–Trinajstić information content (AvgIpc) is 3.38. The third-order valence-corrected chi connectivity index (χ3v) is 7.16. The van der Waals surface area contributed by atoms with Gasteiger partial charge < -0.3 is 19.5 Å². The van der Waals surface area contributed by atoms with Gasteiger partial charge in [-0.3, -0.25) is 0 Å². The number of allylic oxidation sites excluding steroid dienone is 2. The molecule has 0 saturated carbocycles. The number of benzene rings is 2. The van der Waals surface area contributed by atoms with E-state index in [0.29, 0.717) is 40.4 Å². The van der Waals surface area contributed by atoms with Crippen LogP contribution in [0.2, 0.25) is 0 Å². The zero-order valence-corrected chi connectivity index (χ0v) is 26.5. The molecular formula is C35H43N3O5. The van der Waals surface area contributed by atoms with E-state index in [9.17, 15) is 9.59 Å². The minimum absolute atomic E-state index is 0.346. The fourth-order valence-corrected chi connectivity index (χ4v) is 5.22. The minimum Gasteiger partial charge on any atom is -0.493 e. The van der Waals surface area contributed by atoms with E-state index in [4.69, 9.17) is 19.3 Å². The average molecular weight is 586 g/mol. The number of hydrogen-bond acceptors (Lipinski definition) is 7. The van der Waals surface area contributed by atoms with Crippen LogP contribution in [0.1, 0.15) is 78.4 Å². The van der Waals surface area contributed by atoms with Crippen molar-refractivity contribution in [2.45, 2.75) is 86.4 Å². The van der Waals surface area contributed by atoms with E-state index in [1.807, 2.05) is 75.5 Å². The van der Waals surface area contributed by atoms with Crippen LogP contribution in [0, 0.1) is 6.92 Å². The highest BCUT2D eigenvalue weighted by Gasteiger charge is 2.41. The van der Waals surface area contributed by atoms with Crippen molar-refractivity contribution in [2.24, 2.45) is 0 Å². The van der Waals surface area contributed by atoms with Crippen LogP contribution in [-0.4, -0.2) is 40.5 Å². The van der Waals surface area contributed by atoms with E-state index in [2.05, 4.69) is 12.2 Å². The largest absolute Gasteiger partial charge is 0.493 e. The summed E-state index contributed by atoms with van der Waals surface area (Å²) in [5.41, 5.74) is 5.91. The summed E-state index contributed by atoms with van der Waals surface area (Å²) in [6, 6.07) is 15.7. The van der Waals surface area contributed by atoms with Crippen LogP contribution in [0.25, 0.3) is 16.9 Å². The van der Waals surface area contributed by atoms with Crippen molar-refractivity contribution in [3.8, 4) is 22.7 Å². The molecule has 2 aromatic carbocycles. The summed E-state index contributed by atoms with van der Waals surface area (Å²) in [5.74, 6) is -0.966. The predicted octanol–water partition coefficient (Wildman–Crippen LogP) is 7.16. The summed E-state index contributed by atoms with van der Waals surface area (Å²) in [4.78, 5) is 27.4. The van der Waals surface area contributed by atoms with Crippen LogP contribution in [0.15, 0.2) is 77.3 Å². The number of carbonyl (C=O) groups is 2. The molecule has 0 spiro atoms. The van der Waals surface area contributed by atoms with Crippen LogP contribution in [0.4, 0.5) is 0 Å². The van der Waals surface area contributed by atoms with Gasteiger partial charge in [-0.15, -0.1) is 0 Å². The SMILES string of the molecule is CCCCOc1ccc(-c2nn(-c3ccccc3)cc2C2C(C(=O)OC(C)C)=C(C)NC(C)=C2C(=O)OC(C)C)cc1C. The molecule has 8 heteroatoms. The summed E-state index contributed by atoms with van der Waals surface area (Å²) < 4.78 is 19.2. The highest BCUT2D eigenvalue weighted by molar-refractivity contribution is 6.00. The molecule has 0 atom stereocenters. The van der Waals surface area contributed by atoms with Crippen molar-refractivity contribution >= 4 is 11.9 Å². The van der Waals surface area contributed by atoms with E-state index in [1.54, 1.807) is 32.4 Å². The lowest BCUT2D eigenvalue weighted by atomic mass is 9.79. The first kappa shape index (κ1) is 31.6. The molecule has 8 nitrogen and oxygen atoms in total. The van der Waals surface area contributed by atoms with Crippen LogP contribution in [0.3, 0.4) is 0 Å². The van der Waals surface area contributed by atoms with Crippen LogP contribution in [-0.2, 0) is 19.1 Å². The molecule has 0 aliphatic carbocycles. The fourth-order valence-electron chi connectivity index (χ4n) is 5.22. The Bertz CT molecular complexity index is 1490. The maximum absolute atomic E-state index is 13.7. The topological polar surface area (TPSA) is 91.7 Å². The number of nitrogens with zero attached hydrogens (tertiary/aromatic N) is 2. The van der Waals surface area contributed by atoms with Crippen LogP contribution in [0.5, 0.6) is 5.75 Å². The van der Waals surface area contributed by atoms with E-state index in [-0.39, 0.29) is 12.2 Å². The fraction of sp³-hybridized carbons (Fsp3) is 0.400. The number of dihydropyridines is 1. The van der Waals surface area contributed by atoms with Gasteiger partial charge in [0, 0.05) is 28.7 Å². The molecule has 0 saturated heterocycles. The van der Waals surface area contributed by atoms with Gasteiger partial charge in [0.15, 0.2) is 0 Å². The first-order chi connectivity index (χ1) is 20.5. The second kappa shape index (κ2) is 13.8. The van der Waals surface area contributed by atoms with E-state index in [1.165, 1.54) is 0 Å². The van der Waals surface area contributed by atoms with Crippen molar-refractivity contribution in [3.05, 3.63) is 88.4 Å². The molecule has 228 valence electrons. The van der Waals surface area contributed by atoms with Crippen LogP contribution >= 0.6 is 0 Å². The van der Waals surface area contributed by atoms with E-state index >= 15 is 0 Å². The van der Waals surface area contributed by atoms with Gasteiger partial charge in [0.2, 0.25) is 0 Å². The van der Waals surface area contributed by atoms with Gasteiger partial charge in [-0.25, -0.2) is 14.3 Å². The Morgan fingerprint density at radius 2 is 1.51 bits per heavy atom. The molecule has 1 N–H and O–H groups in total. The van der Waals surface area contributed by atoms with Gasteiger partial charge in [-0.2, -0.15) is 5.10 Å². The Balaban J connectivity index is 1.96. The van der Waals surface area contributed by atoms with Crippen molar-refractivity contribution in [1.82, 2.24) is 15.1 Å². The summed E-state index contributed by atoms with van der Waals surface area (Å²) in [6.45, 7) is 15.7. The normalized spacial score (nSPS) is 13.9. The Labute approximate surface area is 254 Å². The minimum atomic E-state index is -0.785. The summed E-state index contributed by atoms with van der Waals surface area (Å²) in [7, 11) is 0. The van der Waals surface area contributed by atoms with Crippen molar-refractivity contribution in [2.75, 3.05) is 6.61 Å². The molecule has 0 fully saturated rings. The van der Waals surface area contributed by atoms with Gasteiger partial charge in [0.25, 0.3) is 0 Å². The quantitative estimate of drug-likeness (QED) is 0.188. The molecule has 1 aliphatic rings. The van der Waals surface area contributed by atoms with Gasteiger partial charge in [-0.1, -0.05) is 31.5 Å². The summed E-state index contributed by atoms with van der Waals surface area (Å²) in [5, 5.41) is 8.28. The molecule has 4 rings (SSSR count). The van der Waals surface area contributed by atoms with Crippen LogP contribution < -0.4 is 10.1 Å². The lowest BCUT2D eigenvalue weighted by Gasteiger charge is -2.31. The highest BCUT2D eigenvalue weighted by atomic mass is 16.5. The molecule has 3 aromatic rings. The number of rotatable bonds is 11. The second-order valence-corrected chi connectivity index (χ2v) is 11.4. The molecule has 1 aliphatic heterocycles. The van der Waals surface area contributed by atoms with Crippen molar-refractivity contribution in [3.63, 3.8) is 0 Å². The first-order valence-corrected chi connectivity index (χ1v) is 15.0. The molecule has 2 heterocycles. The van der Waals surface area contributed by atoms with Gasteiger partial charge in [0.1, 0.15) is 5.75 Å². The van der Waals surface area contributed by atoms with Gasteiger partial charge in [0.05, 0.1) is 47.3 Å². The molecular weight excluding hydrogens is 542 g/mol. The number of ether oxygens (including phenoxy) is 3. The van der Waals surface area contributed by atoms with E-state index in [0.717, 1.165) is 35.4 Å². The molecule has 0 radical (unpaired) electrons. The maximum atomic E-state index is 13.7. The molecule has 0 bridgehead atoms. The van der Waals surface area contributed by atoms with Gasteiger partial charge in [-0.05, 0) is 90.8 Å². The lowest BCUT2D eigenvalue weighted by molar-refractivity contribution is -0.143. The predicted molar refractivity (Wildman–Crippen MR) is 168 cm³/mol. The Kier molecular flexibility index (Phi) is 10.1. The Morgan fingerprint density at radius 3 is 2.05 bits per heavy atom. The number of unbranched alkanes of at least 4 members (excludes halogenated alkanes) is 1. The summed E-state index contributed by atoms with van der Waals surface area (Å²) in [6.07, 6.45) is 3.23. The standard InChI is InChI=1S/C35H43N3O5/c1-9-10-18-41-29-17-16-26(19-23(29)6)33-28(20-38(37-33)27-14-12-11-13-15-27)32-30(34(39)42-21(2)3)24(7)36-25(8)31(32)35(40)43-22(4)5/h11-17,19-22,32,36H,9-10,18H2,1-8H3. The number of hydrogen-bond donors (Lipinski definition) is 1. The van der Waals surface area contributed by atoms with Crippen molar-refractivity contribution < 1.29 is 23.8 Å². The third kappa shape index (κ3) is 7.19. The number of aryl methyl sites for hydroxylation is 1. The third-order valence-electron chi connectivity index (χ3n) is 7.16. The molecule has 43 heavy (non-hydrogen) atoms. The summed E-state index contributed by atoms with van der Waals surface area (Å²) >= 11 is 0. The van der Waals surface area contributed by atoms with E-state index < -0.39 is 17.9 Å². The zero-order valence-electron chi connectivity index (χ0n) is 26.5. The van der Waals surface area contributed by atoms with Gasteiger partial charge >= 0.3 is 11.9 Å². The number of aromatic nitrogens is 2. The smallest absolute Gasteiger partial charge is 0.337 e. The zero-order chi connectivity index (χ0) is 31.3. The van der Waals surface area contributed by atoms with Crippen molar-refractivity contribution in [1.29, 1.82) is 0 Å². The number of carbonyl (C=O) groups excluding carboxylic acids is 2. The first-order valence-electron chi connectivity index (χ1n) is 15.0. The lowest BCUT2D eigenvalue weighted by Crippen LogP contribution is -2.33. The molecule has 0 unspecified atom stereocenters. The Hall–Kier alpha value is -4.33. The number of para-hydroxylation sites is 1. The molecule has 1 aromatic heterocycles. The second-order valence-electron chi connectivity index (χ2n) is 11.4. The molecule has 0 amide bonds. The maximum Gasteiger partial charge on any atom is 0.337 e. The number of nitrogens with one attached hydrogen (secondary N) is 1. The highest BCUT2D eigenvalue weighted by Crippen LogP contribution is 2.44. The monoisotopic (exact) mass is 585 g/mol. The number of esters is 2. The Morgan fingerprint density at radius 1 is 0.907 bits per heavy atom.